The number of aromatic nitrogens is 1. The Morgan fingerprint density at radius 2 is 1.81 bits per heavy atom. The van der Waals surface area contributed by atoms with Crippen molar-refractivity contribution in [2.75, 3.05) is 6.54 Å². The highest BCUT2D eigenvalue weighted by Gasteiger charge is 2.43. The first kappa shape index (κ1) is 23.7. The summed E-state index contributed by atoms with van der Waals surface area (Å²) < 4.78 is 61.6. The van der Waals surface area contributed by atoms with Crippen molar-refractivity contribution < 1.29 is 31.9 Å². The molecule has 2 aromatic rings. The Kier molecular flexibility index (Phi) is 6.85. The topological polar surface area (TPSA) is 59.5 Å². The fraction of sp³-hybridized carbons (Fsp3) is 0.435. The van der Waals surface area contributed by atoms with Gasteiger partial charge in [-0.15, -0.1) is 0 Å². The van der Waals surface area contributed by atoms with Gasteiger partial charge in [-0.1, -0.05) is 6.07 Å². The lowest BCUT2D eigenvalue weighted by molar-refractivity contribution is -0.123. The molecule has 2 unspecified atom stereocenters. The second kappa shape index (κ2) is 9.26. The molecule has 1 aliphatic heterocycles. The van der Waals surface area contributed by atoms with Crippen LogP contribution in [0.15, 0.2) is 30.6 Å². The second-order valence-electron chi connectivity index (χ2n) is 8.79. The van der Waals surface area contributed by atoms with Gasteiger partial charge in [0.05, 0.1) is 6.04 Å². The molecule has 0 saturated carbocycles. The lowest BCUT2D eigenvalue weighted by Crippen LogP contribution is -2.43. The molecule has 0 bridgehead atoms. The Hall–Kier alpha value is -2.97. The molecule has 1 fully saturated rings. The van der Waals surface area contributed by atoms with Crippen molar-refractivity contribution in [2.24, 2.45) is 0 Å². The van der Waals surface area contributed by atoms with Gasteiger partial charge in [0.2, 0.25) is 0 Å². The number of halogens is 4. The van der Waals surface area contributed by atoms with E-state index in [0.717, 1.165) is 10.5 Å². The zero-order valence-electron chi connectivity index (χ0n) is 18.0. The molecular formula is C23H24F4N2O3. The monoisotopic (exact) mass is 452 g/mol. The van der Waals surface area contributed by atoms with Crippen molar-refractivity contribution in [1.82, 2.24) is 9.88 Å². The largest absolute Gasteiger partial charge is 0.444 e. The third-order valence-electron chi connectivity index (χ3n) is 5.24. The smallest absolute Gasteiger partial charge is 0.410 e. The Balaban J connectivity index is 1.88. The van der Waals surface area contributed by atoms with E-state index in [0.29, 0.717) is 6.42 Å². The van der Waals surface area contributed by atoms with Gasteiger partial charge in [-0.05, 0) is 45.2 Å². The van der Waals surface area contributed by atoms with Crippen LogP contribution in [-0.2, 0) is 16.0 Å². The van der Waals surface area contributed by atoms with Gasteiger partial charge in [-0.25, -0.2) is 22.4 Å². The second-order valence-corrected chi connectivity index (χ2v) is 8.79. The van der Waals surface area contributed by atoms with E-state index in [4.69, 9.17) is 4.74 Å². The predicted octanol–water partition coefficient (Wildman–Crippen LogP) is 4.93. The van der Waals surface area contributed by atoms with Crippen molar-refractivity contribution in [1.29, 1.82) is 0 Å². The molecule has 9 heteroatoms. The number of aryl methyl sites for hydroxylation is 1. The summed E-state index contributed by atoms with van der Waals surface area (Å²) in [6.07, 6.45) is 2.59. The third-order valence-corrected chi connectivity index (χ3v) is 5.24. The van der Waals surface area contributed by atoms with Gasteiger partial charge >= 0.3 is 6.09 Å². The van der Waals surface area contributed by atoms with Gasteiger partial charge in [0.25, 0.3) is 0 Å². The summed E-state index contributed by atoms with van der Waals surface area (Å²) in [6.45, 7) is 4.60. The van der Waals surface area contributed by atoms with Gasteiger partial charge in [0.1, 0.15) is 5.60 Å². The number of rotatable bonds is 5. The molecule has 2 atom stereocenters. The zero-order valence-corrected chi connectivity index (χ0v) is 18.0. The summed E-state index contributed by atoms with van der Waals surface area (Å²) in [7, 11) is 0. The number of nitrogens with zero attached hydrogens (tertiary/aromatic N) is 2. The van der Waals surface area contributed by atoms with Crippen molar-refractivity contribution in [3.63, 3.8) is 0 Å². The standard InChI is InChI=1S/C23H24F4N2O3/c1-23(2,3)32-22(31)29-12-14(19-20(26)15(24)10-16(25)21(19)27)9-17(29)18(30)7-6-13-5-4-8-28-11-13/h4-5,8,10-11,14,17H,6-7,9,12H2,1-3H3. The van der Waals surface area contributed by atoms with Crippen LogP contribution in [0.3, 0.4) is 0 Å². The number of Topliss-reactive ketones (excluding diaryl/α,β-unsaturated/α-hetero) is 1. The molecule has 0 spiro atoms. The number of carbonyl (C=O) groups excluding carboxylic acids is 2. The first-order valence-corrected chi connectivity index (χ1v) is 10.2. The van der Waals surface area contributed by atoms with Gasteiger partial charge in [-0.2, -0.15) is 0 Å². The van der Waals surface area contributed by atoms with Crippen molar-refractivity contribution in [3.8, 4) is 0 Å². The number of amides is 1. The van der Waals surface area contributed by atoms with Gasteiger partial charge in [0, 0.05) is 42.9 Å². The van der Waals surface area contributed by atoms with E-state index in [9.17, 15) is 27.2 Å². The van der Waals surface area contributed by atoms with Crippen LogP contribution in [0.2, 0.25) is 0 Å². The van der Waals surface area contributed by atoms with Gasteiger partial charge in [0.15, 0.2) is 29.1 Å². The van der Waals surface area contributed by atoms with Gasteiger partial charge in [-0.3, -0.25) is 14.7 Å². The van der Waals surface area contributed by atoms with Crippen molar-refractivity contribution in [3.05, 3.63) is 65.0 Å². The maximum absolute atomic E-state index is 14.4. The highest BCUT2D eigenvalue weighted by Crippen LogP contribution is 2.37. The van der Waals surface area contributed by atoms with E-state index in [1.165, 1.54) is 0 Å². The molecular weight excluding hydrogens is 428 g/mol. The Bertz CT molecular complexity index is 982. The van der Waals surface area contributed by atoms with E-state index in [-0.39, 0.29) is 31.2 Å². The molecule has 1 amide bonds. The number of carbonyl (C=O) groups is 2. The molecule has 172 valence electrons. The number of ether oxygens (including phenoxy) is 1. The lowest BCUT2D eigenvalue weighted by Gasteiger charge is -2.28. The summed E-state index contributed by atoms with van der Waals surface area (Å²) in [6, 6.07) is 2.61. The molecule has 1 aromatic heterocycles. The van der Waals surface area contributed by atoms with Crippen LogP contribution in [-0.4, -0.2) is 39.9 Å². The number of ketones is 1. The summed E-state index contributed by atoms with van der Waals surface area (Å²) in [4.78, 5) is 30.8. The average Bonchev–Trinajstić information content (AvgIpc) is 3.16. The summed E-state index contributed by atoms with van der Waals surface area (Å²) >= 11 is 0. The van der Waals surface area contributed by atoms with Gasteiger partial charge < -0.3 is 4.74 Å². The van der Waals surface area contributed by atoms with E-state index in [1.807, 2.05) is 0 Å². The minimum atomic E-state index is -1.53. The van der Waals surface area contributed by atoms with E-state index < -0.39 is 52.5 Å². The normalized spacial score (nSPS) is 18.7. The maximum atomic E-state index is 14.4. The molecule has 32 heavy (non-hydrogen) atoms. The highest BCUT2D eigenvalue weighted by molar-refractivity contribution is 5.88. The molecule has 5 nitrogen and oxygen atoms in total. The number of hydrogen-bond acceptors (Lipinski definition) is 4. The van der Waals surface area contributed by atoms with E-state index in [2.05, 4.69) is 4.98 Å². The van der Waals surface area contributed by atoms with Crippen LogP contribution in [0.5, 0.6) is 0 Å². The summed E-state index contributed by atoms with van der Waals surface area (Å²) in [5, 5.41) is 0. The Morgan fingerprint density at radius 1 is 1.16 bits per heavy atom. The molecule has 0 N–H and O–H groups in total. The fourth-order valence-electron chi connectivity index (χ4n) is 3.80. The molecule has 1 aliphatic rings. The summed E-state index contributed by atoms with van der Waals surface area (Å²) in [5.41, 5.74) is -0.873. The lowest BCUT2D eigenvalue weighted by atomic mass is 9.92. The molecule has 1 saturated heterocycles. The first-order valence-electron chi connectivity index (χ1n) is 10.2. The number of hydrogen-bond donors (Lipinski definition) is 0. The van der Waals surface area contributed by atoms with Crippen LogP contribution in [0.4, 0.5) is 22.4 Å². The van der Waals surface area contributed by atoms with Crippen molar-refractivity contribution >= 4 is 11.9 Å². The molecule has 0 aliphatic carbocycles. The van der Waals surface area contributed by atoms with Crippen LogP contribution in [0, 0.1) is 23.3 Å². The molecule has 3 rings (SSSR count). The number of pyridine rings is 1. The first-order chi connectivity index (χ1) is 15.0. The number of likely N-dealkylation sites (tertiary alicyclic amines) is 1. The van der Waals surface area contributed by atoms with Crippen molar-refractivity contribution in [2.45, 2.75) is 57.6 Å². The Morgan fingerprint density at radius 3 is 2.38 bits per heavy atom. The minimum absolute atomic E-state index is 0.0465. The molecule has 2 heterocycles. The number of benzene rings is 1. The summed E-state index contributed by atoms with van der Waals surface area (Å²) in [5.74, 6) is -7.58. The van der Waals surface area contributed by atoms with E-state index in [1.54, 1.807) is 45.3 Å². The van der Waals surface area contributed by atoms with Crippen LogP contribution < -0.4 is 0 Å². The maximum Gasteiger partial charge on any atom is 0.410 e. The average molecular weight is 452 g/mol. The SMILES string of the molecule is CC(C)(C)OC(=O)N1CC(c2c(F)c(F)cc(F)c2F)CC1C(=O)CCc1cccnc1. The quantitative estimate of drug-likeness (QED) is 0.477. The molecule has 1 aromatic carbocycles. The molecule has 0 radical (unpaired) electrons. The van der Waals surface area contributed by atoms with Crippen LogP contribution >= 0.6 is 0 Å². The fourth-order valence-corrected chi connectivity index (χ4v) is 3.80. The van der Waals surface area contributed by atoms with Crippen LogP contribution in [0.1, 0.15) is 50.7 Å². The predicted molar refractivity (Wildman–Crippen MR) is 108 cm³/mol. The Labute approximate surface area is 183 Å². The zero-order chi connectivity index (χ0) is 23.6. The highest BCUT2D eigenvalue weighted by atomic mass is 19.2. The minimum Gasteiger partial charge on any atom is -0.444 e. The van der Waals surface area contributed by atoms with Crippen LogP contribution in [0.25, 0.3) is 0 Å². The third kappa shape index (κ3) is 5.26. The van der Waals surface area contributed by atoms with E-state index >= 15 is 0 Å².